The molecule has 0 spiro atoms. The van der Waals surface area contributed by atoms with E-state index in [0.717, 1.165) is 5.56 Å². The first-order valence-corrected chi connectivity index (χ1v) is 4.24. The van der Waals surface area contributed by atoms with E-state index in [-0.39, 0.29) is 5.60 Å². The van der Waals surface area contributed by atoms with Gasteiger partial charge in [0.1, 0.15) is 0 Å². The van der Waals surface area contributed by atoms with Crippen LogP contribution >= 0.6 is 0 Å². The van der Waals surface area contributed by atoms with Crippen LogP contribution in [0.4, 0.5) is 0 Å². The van der Waals surface area contributed by atoms with Crippen LogP contribution in [0, 0.1) is 0 Å². The van der Waals surface area contributed by atoms with Crippen LogP contribution in [-0.2, 0) is 10.3 Å². The molecule has 0 amide bonds. The molecule has 66 valence electrons. The number of nitrogens with zero attached hydrogens (tertiary/aromatic N) is 1. The van der Waals surface area contributed by atoms with Gasteiger partial charge in [-0.3, -0.25) is 0 Å². The third-order valence-electron chi connectivity index (χ3n) is 2.18. The third-order valence-corrected chi connectivity index (χ3v) is 2.18. The molecule has 13 heavy (non-hydrogen) atoms. The molecule has 1 unspecified atom stereocenters. The Morgan fingerprint density at radius 1 is 1.23 bits per heavy atom. The monoisotopic (exact) mass is 173 g/mol. The van der Waals surface area contributed by atoms with E-state index in [4.69, 9.17) is 4.74 Å². The van der Waals surface area contributed by atoms with Gasteiger partial charge in [-0.2, -0.15) is 0 Å². The fraction of sp³-hybridized carbons (Fsp3) is 0.182. The maximum absolute atomic E-state index is 5.47. The Hall–Kier alpha value is -1.57. The Morgan fingerprint density at radius 2 is 2.00 bits per heavy atom. The van der Waals surface area contributed by atoms with Crippen LogP contribution < -0.4 is 0 Å². The van der Waals surface area contributed by atoms with Gasteiger partial charge in [0.25, 0.3) is 0 Å². The van der Waals surface area contributed by atoms with Gasteiger partial charge in [-0.05, 0) is 18.6 Å². The third kappa shape index (κ3) is 1.47. The van der Waals surface area contributed by atoms with E-state index < -0.39 is 0 Å². The lowest BCUT2D eigenvalue weighted by Gasteiger charge is -2.26. The minimum atomic E-state index is -0.358. The molecule has 2 nitrogen and oxygen atoms in total. The van der Waals surface area contributed by atoms with E-state index in [1.54, 1.807) is 6.20 Å². The van der Waals surface area contributed by atoms with Crippen molar-refractivity contribution in [1.29, 1.82) is 0 Å². The maximum Gasteiger partial charge on any atom is 0.175 e. The van der Waals surface area contributed by atoms with Crippen LogP contribution in [0.3, 0.4) is 0 Å². The minimum Gasteiger partial charge on any atom is -0.468 e. The fourth-order valence-corrected chi connectivity index (χ4v) is 1.33. The summed E-state index contributed by atoms with van der Waals surface area (Å²) in [5.74, 6) is 0. The molecule has 1 aliphatic heterocycles. The number of hydrogen-bond acceptors (Lipinski definition) is 2. The van der Waals surface area contributed by atoms with Crippen LogP contribution in [0.2, 0.25) is 0 Å². The molecule has 1 heterocycles. The molecule has 0 aromatic heterocycles. The predicted molar refractivity (Wildman–Crippen MR) is 52.5 cm³/mol. The topological polar surface area (TPSA) is 21.6 Å². The quantitative estimate of drug-likeness (QED) is 0.639. The zero-order valence-corrected chi connectivity index (χ0v) is 7.47. The Morgan fingerprint density at radius 3 is 2.62 bits per heavy atom. The zero-order valence-electron chi connectivity index (χ0n) is 7.47. The van der Waals surface area contributed by atoms with Crippen molar-refractivity contribution >= 4 is 6.40 Å². The van der Waals surface area contributed by atoms with Crippen molar-refractivity contribution in [3.8, 4) is 0 Å². The van der Waals surface area contributed by atoms with Crippen molar-refractivity contribution < 1.29 is 4.74 Å². The highest BCUT2D eigenvalue weighted by Gasteiger charge is 2.25. The lowest BCUT2D eigenvalue weighted by Crippen LogP contribution is -2.24. The molecule has 0 fully saturated rings. The van der Waals surface area contributed by atoms with Crippen LogP contribution in [0.15, 0.2) is 47.6 Å². The van der Waals surface area contributed by atoms with E-state index in [9.17, 15) is 0 Å². The van der Waals surface area contributed by atoms with Gasteiger partial charge in [0.15, 0.2) is 12.0 Å². The lowest BCUT2D eigenvalue weighted by atomic mass is 9.95. The van der Waals surface area contributed by atoms with E-state index in [1.165, 1.54) is 6.40 Å². The van der Waals surface area contributed by atoms with Crippen molar-refractivity contribution in [1.82, 2.24) is 0 Å². The molecule has 2 rings (SSSR count). The molecule has 0 aliphatic carbocycles. The average Bonchev–Trinajstić information content (AvgIpc) is 2.20. The predicted octanol–water partition coefficient (Wildman–Crippen LogP) is 2.47. The summed E-state index contributed by atoms with van der Waals surface area (Å²) in [6.07, 6.45) is 5.19. The normalized spacial score (nSPS) is 25.6. The molecule has 0 N–H and O–H groups in total. The summed E-state index contributed by atoms with van der Waals surface area (Å²) in [5.41, 5.74) is 0.778. The fourth-order valence-electron chi connectivity index (χ4n) is 1.33. The van der Waals surface area contributed by atoms with Crippen LogP contribution in [0.25, 0.3) is 0 Å². The van der Waals surface area contributed by atoms with E-state index >= 15 is 0 Å². The molecular weight excluding hydrogens is 162 g/mol. The highest BCUT2D eigenvalue weighted by atomic mass is 16.5. The van der Waals surface area contributed by atoms with Gasteiger partial charge in [-0.15, -0.1) is 0 Å². The molecule has 1 atom stereocenters. The standard InChI is InChI=1S/C11H11NO/c1-11(7-8-12-9-13-11)10-5-3-2-4-6-10/h2-9H,1H3. The largest absolute Gasteiger partial charge is 0.468 e. The number of hydrogen-bond donors (Lipinski definition) is 0. The van der Waals surface area contributed by atoms with Crippen molar-refractivity contribution in [3.05, 3.63) is 48.2 Å². The molecule has 2 heteroatoms. The first-order valence-electron chi connectivity index (χ1n) is 4.24. The number of aliphatic imine (C=N–C) groups is 1. The molecule has 0 radical (unpaired) electrons. The second kappa shape index (κ2) is 3.05. The van der Waals surface area contributed by atoms with Gasteiger partial charge in [0.2, 0.25) is 0 Å². The Kier molecular flexibility index (Phi) is 1.89. The van der Waals surface area contributed by atoms with Crippen LogP contribution in [-0.4, -0.2) is 6.40 Å². The SMILES string of the molecule is CC1(c2ccccc2)C=CN=CO1. The van der Waals surface area contributed by atoms with Gasteiger partial charge in [0, 0.05) is 6.20 Å². The smallest absolute Gasteiger partial charge is 0.175 e. The van der Waals surface area contributed by atoms with Crippen molar-refractivity contribution in [2.45, 2.75) is 12.5 Å². The van der Waals surface area contributed by atoms with Crippen molar-refractivity contribution in [3.63, 3.8) is 0 Å². The lowest BCUT2D eigenvalue weighted by molar-refractivity contribution is 0.133. The Labute approximate surface area is 77.6 Å². The first kappa shape index (κ1) is 8.05. The van der Waals surface area contributed by atoms with Gasteiger partial charge in [-0.25, -0.2) is 4.99 Å². The van der Waals surface area contributed by atoms with Crippen molar-refractivity contribution in [2.24, 2.45) is 4.99 Å². The first-order chi connectivity index (χ1) is 6.31. The number of ether oxygens (including phenoxy) is 1. The molecule has 0 saturated heterocycles. The van der Waals surface area contributed by atoms with Gasteiger partial charge < -0.3 is 4.74 Å². The maximum atomic E-state index is 5.47. The highest BCUT2D eigenvalue weighted by Crippen LogP contribution is 2.27. The Bertz CT molecular complexity index is 342. The molecule has 0 saturated carbocycles. The minimum absolute atomic E-state index is 0.358. The molecule has 1 aromatic carbocycles. The number of benzene rings is 1. The van der Waals surface area contributed by atoms with E-state index in [0.29, 0.717) is 0 Å². The van der Waals surface area contributed by atoms with Gasteiger partial charge in [-0.1, -0.05) is 30.3 Å². The summed E-state index contributed by atoms with van der Waals surface area (Å²) in [7, 11) is 0. The Balaban J connectivity index is 2.35. The summed E-state index contributed by atoms with van der Waals surface area (Å²) in [6.45, 7) is 2.02. The zero-order chi connectivity index (χ0) is 9.15. The summed E-state index contributed by atoms with van der Waals surface area (Å²) < 4.78 is 5.47. The van der Waals surface area contributed by atoms with Gasteiger partial charge in [0.05, 0.1) is 0 Å². The van der Waals surface area contributed by atoms with Crippen molar-refractivity contribution in [2.75, 3.05) is 0 Å². The van der Waals surface area contributed by atoms with E-state index in [1.807, 2.05) is 43.3 Å². The summed E-state index contributed by atoms with van der Waals surface area (Å²) in [4.78, 5) is 3.87. The molecular formula is C11H11NO. The number of rotatable bonds is 1. The second-order valence-electron chi connectivity index (χ2n) is 3.16. The van der Waals surface area contributed by atoms with E-state index in [2.05, 4.69) is 4.99 Å². The van der Waals surface area contributed by atoms with Crippen LogP contribution in [0.5, 0.6) is 0 Å². The van der Waals surface area contributed by atoms with Crippen LogP contribution in [0.1, 0.15) is 12.5 Å². The second-order valence-corrected chi connectivity index (χ2v) is 3.16. The molecule has 1 aliphatic rings. The molecule has 1 aromatic rings. The van der Waals surface area contributed by atoms with Gasteiger partial charge >= 0.3 is 0 Å². The summed E-state index contributed by atoms with van der Waals surface area (Å²) >= 11 is 0. The summed E-state index contributed by atoms with van der Waals surface area (Å²) in [5, 5.41) is 0. The summed E-state index contributed by atoms with van der Waals surface area (Å²) in [6, 6.07) is 10.1. The molecule has 0 bridgehead atoms. The average molecular weight is 173 g/mol. The highest BCUT2D eigenvalue weighted by molar-refractivity contribution is 5.52.